The SMILES string of the molecule is Fc1ccc(Br)c(CNC2CCc3cc(Br)ccc32)c1. The van der Waals surface area contributed by atoms with Gasteiger partial charge in [-0.25, -0.2) is 4.39 Å². The molecule has 104 valence electrons. The highest BCUT2D eigenvalue weighted by Gasteiger charge is 2.22. The van der Waals surface area contributed by atoms with E-state index >= 15 is 0 Å². The Morgan fingerprint density at radius 1 is 1.15 bits per heavy atom. The molecule has 0 radical (unpaired) electrons. The van der Waals surface area contributed by atoms with Gasteiger partial charge in [-0.05, 0) is 59.9 Å². The monoisotopic (exact) mass is 397 g/mol. The van der Waals surface area contributed by atoms with Gasteiger partial charge in [-0.3, -0.25) is 0 Å². The molecular weight excluding hydrogens is 385 g/mol. The zero-order valence-corrected chi connectivity index (χ0v) is 14.0. The van der Waals surface area contributed by atoms with Crippen LogP contribution >= 0.6 is 31.9 Å². The quantitative estimate of drug-likeness (QED) is 0.755. The number of halogens is 3. The van der Waals surface area contributed by atoms with Gasteiger partial charge >= 0.3 is 0 Å². The summed E-state index contributed by atoms with van der Waals surface area (Å²) in [6, 6.07) is 11.6. The zero-order chi connectivity index (χ0) is 14.1. The average Bonchev–Trinajstić information content (AvgIpc) is 2.82. The minimum Gasteiger partial charge on any atom is -0.306 e. The van der Waals surface area contributed by atoms with Gasteiger partial charge < -0.3 is 5.32 Å². The second-order valence-electron chi connectivity index (χ2n) is 5.05. The molecule has 0 amide bonds. The van der Waals surface area contributed by atoms with Gasteiger partial charge in [0.1, 0.15) is 5.82 Å². The molecule has 1 N–H and O–H groups in total. The maximum atomic E-state index is 13.3. The minimum absolute atomic E-state index is 0.194. The summed E-state index contributed by atoms with van der Waals surface area (Å²) >= 11 is 6.98. The molecule has 1 nitrogen and oxygen atoms in total. The Morgan fingerprint density at radius 3 is 2.85 bits per heavy atom. The van der Waals surface area contributed by atoms with Gasteiger partial charge in [0.15, 0.2) is 0 Å². The van der Waals surface area contributed by atoms with Crippen molar-refractivity contribution >= 4 is 31.9 Å². The standard InChI is InChI=1S/C16H14Br2FN/c17-12-2-4-14-10(7-12)1-6-16(14)20-9-11-8-13(19)3-5-15(11)18/h2-5,7-8,16,20H,1,6,9H2. The van der Waals surface area contributed by atoms with Crippen LogP contribution in [0.25, 0.3) is 0 Å². The van der Waals surface area contributed by atoms with Crippen molar-refractivity contribution in [2.24, 2.45) is 0 Å². The van der Waals surface area contributed by atoms with E-state index in [1.54, 1.807) is 12.1 Å². The van der Waals surface area contributed by atoms with Crippen LogP contribution in [0.3, 0.4) is 0 Å². The first-order valence-corrected chi connectivity index (χ1v) is 8.18. The van der Waals surface area contributed by atoms with Crippen LogP contribution < -0.4 is 5.32 Å². The summed E-state index contributed by atoms with van der Waals surface area (Å²) in [6.07, 6.45) is 2.19. The minimum atomic E-state index is -0.194. The van der Waals surface area contributed by atoms with Crippen molar-refractivity contribution in [1.29, 1.82) is 0 Å². The molecule has 1 aliphatic rings. The second kappa shape index (κ2) is 5.96. The third-order valence-corrected chi connectivity index (χ3v) is 5.00. The lowest BCUT2D eigenvalue weighted by molar-refractivity contribution is 0.527. The fourth-order valence-electron chi connectivity index (χ4n) is 2.71. The van der Waals surface area contributed by atoms with Crippen LogP contribution in [-0.4, -0.2) is 0 Å². The number of aryl methyl sites for hydroxylation is 1. The van der Waals surface area contributed by atoms with E-state index in [1.165, 1.54) is 17.2 Å². The van der Waals surface area contributed by atoms with Crippen molar-refractivity contribution in [2.45, 2.75) is 25.4 Å². The van der Waals surface area contributed by atoms with Crippen LogP contribution in [0.15, 0.2) is 45.3 Å². The Bertz CT molecular complexity index is 642. The van der Waals surface area contributed by atoms with E-state index < -0.39 is 0 Å². The number of hydrogen-bond acceptors (Lipinski definition) is 1. The van der Waals surface area contributed by atoms with E-state index in [1.807, 2.05) is 0 Å². The Balaban J connectivity index is 1.73. The molecule has 0 heterocycles. The first-order valence-electron chi connectivity index (χ1n) is 6.59. The smallest absolute Gasteiger partial charge is 0.123 e. The first kappa shape index (κ1) is 14.2. The van der Waals surface area contributed by atoms with Crippen LogP contribution in [0.5, 0.6) is 0 Å². The molecule has 0 saturated heterocycles. The summed E-state index contributed by atoms with van der Waals surface area (Å²) < 4.78 is 15.4. The van der Waals surface area contributed by atoms with Crippen molar-refractivity contribution in [1.82, 2.24) is 5.32 Å². The fourth-order valence-corrected chi connectivity index (χ4v) is 3.51. The Morgan fingerprint density at radius 2 is 2.00 bits per heavy atom. The van der Waals surface area contributed by atoms with E-state index in [0.717, 1.165) is 27.4 Å². The predicted molar refractivity (Wildman–Crippen MR) is 86.1 cm³/mol. The molecule has 0 bridgehead atoms. The Labute approximate surface area is 134 Å². The molecule has 2 aromatic carbocycles. The van der Waals surface area contributed by atoms with Crippen LogP contribution in [-0.2, 0) is 13.0 Å². The second-order valence-corrected chi connectivity index (χ2v) is 6.82. The summed E-state index contributed by atoms with van der Waals surface area (Å²) in [5, 5.41) is 3.53. The first-order chi connectivity index (χ1) is 9.63. The molecule has 1 atom stereocenters. The van der Waals surface area contributed by atoms with Gasteiger partial charge in [-0.1, -0.05) is 37.9 Å². The third-order valence-electron chi connectivity index (χ3n) is 3.73. The van der Waals surface area contributed by atoms with Crippen LogP contribution in [0, 0.1) is 5.82 Å². The highest BCUT2D eigenvalue weighted by molar-refractivity contribution is 9.10. The number of rotatable bonds is 3. The molecule has 0 aliphatic heterocycles. The highest BCUT2D eigenvalue weighted by atomic mass is 79.9. The van der Waals surface area contributed by atoms with Gasteiger partial charge in [0.2, 0.25) is 0 Å². The molecule has 4 heteroatoms. The molecule has 2 aromatic rings. The maximum Gasteiger partial charge on any atom is 0.123 e. The van der Waals surface area contributed by atoms with E-state index in [2.05, 4.69) is 55.4 Å². The van der Waals surface area contributed by atoms with Crippen molar-refractivity contribution < 1.29 is 4.39 Å². The third kappa shape index (κ3) is 2.97. The van der Waals surface area contributed by atoms with E-state index in [0.29, 0.717) is 12.6 Å². The molecule has 0 saturated carbocycles. The van der Waals surface area contributed by atoms with E-state index in [-0.39, 0.29) is 5.82 Å². The zero-order valence-electron chi connectivity index (χ0n) is 10.8. The molecule has 20 heavy (non-hydrogen) atoms. The van der Waals surface area contributed by atoms with E-state index in [4.69, 9.17) is 0 Å². The van der Waals surface area contributed by atoms with Crippen molar-refractivity contribution in [2.75, 3.05) is 0 Å². The summed E-state index contributed by atoms with van der Waals surface area (Å²) in [7, 11) is 0. The van der Waals surface area contributed by atoms with Crippen LogP contribution in [0.4, 0.5) is 4.39 Å². The predicted octanol–water partition coefficient (Wildman–Crippen LogP) is 5.13. The van der Waals surface area contributed by atoms with E-state index in [9.17, 15) is 4.39 Å². The van der Waals surface area contributed by atoms with Gasteiger partial charge in [0, 0.05) is 21.5 Å². The molecule has 1 unspecified atom stereocenters. The lowest BCUT2D eigenvalue weighted by atomic mass is 10.1. The van der Waals surface area contributed by atoms with Gasteiger partial charge in [0.05, 0.1) is 0 Å². The number of nitrogens with one attached hydrogen (secondary N) is 1. The average molecular weight is 399 g/mol. The maximum absolute atomic E-state index is 13.3. The topological polar surface area (TPSA) is 12.0 Å². The molecule has 0 fully saturated rings. The molecule has 0 spiro atoms. The highest BCUT2D eigenvalue weighted by Crippen LogP contribution is 2.33. The molecule has 3 rings (SSSR count). The lowest BCUT2D eigenvalue weighted by Gasteiger charge is -2.15. The van der Waals surface area contributed by atoms with Crippen molar-refractivity contribution in [3.05, 3.63) is 67.9 Å². The summed E-state index contributed by atoms with van der Waals surface area (Å²) in [5.41, 5.74) is 3.71. The summed E-state index contributed by atoms with van der Waals surface area (Å²) in [4.78, 5) is 0. The fraction of sp³-hybridized carbons (Fsp3) is 0.250. The van der Waals surface area contributed by atoms with Crippen molar-refractivity contribution in [3.63, 3.8) is 0 Å². The van der Waals surface area contributed by atoms with Gasteiger partial charge in [-0.15, -0.1) is 0 Å². The van der Waals surface area contributed by atoms with Crippen LogP contribution in [0.2, 0.25) is 0 Å². The van der Waals surface area contributed by atoms with Gasteiger partial charge in [-0.2, -0.15) is 0 Å². The number of hydrogen-bond donors (Lipinski definition) is 1. The molecule has 1 aliphatic carbocycles. The normalized spacial score (nSPS) is 17.2. The summed E-state index contributed by atoms with van der Waals surface area (Å²) in [6.45, 7) is 0.665. The number of benzene rings is 2. The van der Waals surface area contributed by atoms with Crippen molar-refractivity contribution in [3.8, 4) is 0 Å². The van der Waals surface area contributed by atoms with Crippen LogP contribution in [0.1, 0.15) is 29.2 Å². The largest absolute Gasteiger partial charge is 0.306 e. The Hall–Kier alpha value is -0.710. The molecular formula is C16H14Br2FN. The lowest BCUT2D eigenvalue weighted by Crippen LogP contribution is -2.19. The summed E-state index contributed by atoms with van der Waals surface area (Å²) in [5.74, 6) is -0.194. The molecule has 0 aromatic heterocycles. The van der Waals surface area contributed by atoms with Gasteiger partial charge in [0.25, 0.3) is 0 Å². The number of fused-ring (bicyclic) bond motifs is 1. The Kier molecular flexibility index (Phi) is 4.24.